The van der Waals surface area contributed by atoms with Crippen LogP contribution < -0.4 is 9.21 Å². The molecule has 0 bridgehead atoms. The third-order valence-electron chi connectivity index (χ3n) is 5.52. The quantitative estimate of drug-likeness (QED) is 0.625. The van der Waals surface area contributed by atoms with Gasteiger partial charge in [-0.2, -0.15) is 5.10 Å². The number of ether oxygens (including phenoxy) is 1. The molecule has 11 nitrogen and oxygen atoms in total. The number of hydrogen-bond acceptors (Lipinski definition) is 7. The van der Waals surface area contributed by atoms with Gasteiger partial charge in [-0.25, -0.2) is 13.4 Å². The van der Waals surface area contributed by atoms with Gasteiger partial charge in [-0.3, -0.25) is 9.40 Å². The van der Waals surface area contributed by atoms with Gasteiger partial charge in [-0.1, -0.05) is 6.57 Å². The number of aromatic amines is 1. The second kappa shape index (κ2) is 6.68. The van der Waals surface area contributed by atoms with Crippen molar-refractivity contribution in [3.05, 3.63) is 29.2 Å². The van der Waals surface area contributed by atoms with Crippen molar-refractivity contribution in [2.45, 2.75) is 19.4 Å². The molecule has 1 N–H and O–H groups in total. The highest BCUT2D eigenvalue weighted by Gasteiger charge is 2.37. The monoisotopic (exact) mass is 428 g/mol. The van der Waals surface area contributed by atoms with Crippen LogP contribution >= 0.6 is 0 Å². The molecule has 0 radical (unpaired) electrons. The zero-order valence-electron chi connectivity index (χ0n) is 16.5. The van der Waals surface area contributed by atoms with Crippen molar-refractivity contribution in [1.82, 2.24) is 25.0 Å². The molecule has 0 saturated carbocycles. The highest BCUT2D eigenvalue weighted by molar-refractivity contribution is 7.92. The maximum Gasteiger partial charge on any atom is 0.307 e. The van der Waals surface area contributed by atoms with E-state index < -0.39 is 10.0 Å². The maximum absolute atomic E-state index is 12.6. The van der Waals surface area contributed by atoms with Crippen molar-refractivity contribution in [3.63, 3.8) is 0 Å². The van der Waals surface area contributed by atoms with Gasteiger partial charge in [0.05, 0.1) is 42.8 Å². The fourth-order valence-corrected chi connectivity index (χ4v) is 5.15. The molecule has 30 heavy (non-hydrogen) atoms. The van der Waals surface area contributed by atoms with Crippen LogP contribution in [0.4, 0.5) is 17.3 Å². The summed E-state index contributed by atoms with van der Waals surface area (Å²) in [5.41, 5.74) is 1.76. The summed E-state index contributed by atoms with van der Waals surface area (Å²) in [5, 5.41) is 11.7. The summed E-state index contributed by atoms with van der Waals surface area (Å²) in [5.74, 6) is 1.38. The van der Waals surface area contributed by atoms with Gasteiger partial charge in [0.2, 0.25) is 10.0 Å². The molecular weight excluding hydrogens is 408 g/mol. The molecule has 3 aromatic rings. The number of morpholine rings is 1. The van der Waals surface area contributed by atoms with Crippen LogP contribution in [0.1, 0.15) is 12.5 Å². The Hall–Kier alpha value is -3.17. The Kier molecular flexibility index (Phi) is 4.19. The number of pyridine rings is 1. The van der Waals surface area contributed by atoms with E-state index in [2.05, 4.69) is 32.0 Å². The Morgan fingerprint density at radius 1 is 1.37 bits per heavy atom. The van der Waals surface area contributed by atoms with Crippen molar-refractivity contribution in [2.24, 2.45) is 0 Å². The van der Waals surface area contributed by atoms with Crippen LogP contribution in [0.25, 0.3) is 21.7 Å². The summed E-state index contributed by atoms with van der Waals surface area (Å²) in [4.78, 5) is 10.6. The molecule has 5 rings (SSSR count). The third kappa shape index (κ3) is 2.73. The smallest absolute Gasteiger partial charge is 0.307 e. The van der Waals surface area contributed by atoms with Crippen molar-refractivity contribution in [3.8, 4) is 5.82 Å². The van der Waals surface area contributed by atoms with Crippen molar-refractivity contribution in [1.29, 1.82) is 0 Å². The fourth-order valence-electron chi connectivity index (χ4n) is 4.19. The highest BCUT2D eigenvalue weighted by atomic mass is 32.2. The predicted molar refractivity (Wildman–Crippen MR) is 111 cm³/mol. The molecule has 0 aromatic carbocycles. The lowest BCUT2D eigenvalue weighted by Gasteiger charge is -2.35. The summed E-state index contributed by atoms with van der Waals surface area (Å²) < 4.78 is 33.6. The Labute approximate surface area is 173 Å². The van der Waals surface area contributed by atoms with E-state index in [4.69, 9.17) is 16.3 Å². The number of hydrogen-bond donors (Lipinski definition) is 1. The first-order valence-corrected chi connectivity index (χ1v) is 11.4. The van der Waals surface area contributed by atoms with Gasteiger partial charge in [-0.05, 0) is 18.4 Å². The van der Waals surface area contributed by atoms with E-state index in [1.54, 1.807) is 12.3 Å². The maximum atomic E-state index is 12.6. The van der Waals surface area contributed by atoms with Crippen LogP contribution in [0.15, 0.2) is 12.3 Å². The minimum atomic E-state index is -3.54. The van der Waals surface area contributed by atoms with Gasteiger partial charge in [0, 0.05) is 24.7 Å². The van der Waals surface area contributed by atoms with Gasteiger partial charge >= 0.3 is 5.82 Å². The molecule has 2 aliphatic heterocycles. The summed E-state index contributed by atoms with van der Waals surface area (Å²) in [6, 6.07) is 1.81. The number of sulfonamides is 1. The molecule has 12 heteroatoms. The van der Waals surface area contributed by atoms with Crippen LogP contribution in [-0.4, -0.2) is 72.0 Å². The Bertz CT molecular complexity index is 1280. The first-order valence-electron chi connectivity index (χ1n) is 9.55. The van der Waals surface area contributed by atoms with Crippen molar-refractivity contribution >= 4 is 38.4 Å². The molecule has 0 unspecified atom stereocenters. The molecule has 3 aromatic heterocycles. The third-order valence-corrected chi connectivity index (χ3v) is 6.69. The molecule has 5 heterocycles. The Balaban J connectivity index is 1.87. The van der Waals surface area contributed by atoms with Crippen LogP contribution in [0.5, 0.6) is 0 Å². The van der Waals surface area contributed by atoms with Gasteiger partial charge in [-0.15, -0.1) is 4.68 Å². The normalized spacial score (nSPS) is 19.3. The average molecular weight is 428 g/mol. The average Bonchev–Trinajstić information content (AvgIpc) is 3.44. The Morgan fingerprint density at radius 2 is 2.20 bits per heavy atom. The molecule has 156 valence electrons. The zero-order valence-corrected chi connectivity index (χ0v) is 17.3. The number of H-pyrrole nitrogens is 1. The molecule has 1 atom stereocenters. The van der Waals surface area contributed by atoms with E-state index in [1.807, 2.05) is 0 Å². The number of nitrogens with one attached hydrogen (secondary N) is 1. The Morgan fingerprint density at radius 3 is 2.87 bits per heavy atom. The fraction of sp³-hybridized carbons (Fsp3) is 0.444. The van der Waals surface area contributed by atoms with Crippen LogP contribution in [0.3, 0.4) is 0 Å². The topological polar surface area (TPSA) is 114 Å². The molecule has 2 aliphatic rings. The molecule has 0 amide bonds. The summed E-state index contributed by atoms with van der Waals surface area (Å²) in [6.07, 6.45) is 3.29. The second-order valence-corrected chi connectivity index (χ2v) is 9.36. The first-order chi connectivity index (χ1) is 14.4. The number of anilines is 2. The standard InChI is InChI=1S/C18H20N8O3S/c1-11-10-29-9-8-24(11)17-12-5-7-25(30(3,27)28)15(12)14-16(19-2)23-26(18(14)21-17)13-4-6-20-22-13/h4,6,11H,5,7-10H2,1,3H3,(H,20,22)/t11-/m1/s1. The van der Waals surface area contributed by atoms with Crippen molar-refractivity contribution in [2.75, 3.05) is 41.8 Å². The van der Waals surface area contributed by atoms with E-state index in [1.165, 1.54) is 15.2 Å². The largest absolute Gasteiger partial charge is 0.377 e. The van der Waals surface area contributed by atoms with E-state index in [0.29, 0.717) is 55.3 Å². The minimum Gasteiger partial charge on any atom is -0.377 e. The molecular formula is C18H20N8O3S. The number of aromatic nitrogens is 5. The molecule has 1 saturated heterocycles. The van der Waals surface area contributed by atoms with E-state index in [-0.39, 0.29) is 11.9 Å². The number of fused-ring (bicyclic) bond motifs is 3. The molecule has 1 fully saturated rings. The van der Waals surface area contributed by atoms with E-state index >= 15 is 0 Å². The summed E-state index contributed by atoms with van der Waals surface area (Å²) in [7, 11) is -3.54. The molecule has 0 spiro atoms. The summed E-state index contributed by atoms with van der Waals surface area (Å²) in [6.45, 7) is 11.8. The predicted octanol–water partition coefficient (Wildman–Crippen LogP) is 1.24. The van der Waals surface area contributed by atoms with Crippen LogP contribution in [0.2, 0.25) is 0 Å². The van der Waals surface area contributed by atoms with Gasteiger partial charge in [0.1, 0.15) is 5.82 Å². The van der Waals surface area contributed by atoms with Gasteiger partial charge in [0.15, 0.2) is 11.5 Å². The molecule has 0 aliphatic carbocycles. The van der Waals surface area contributed by atoms with Gasteiger partial charge in [0.25, 0.3) is 0 Å². The van der Waals surface area contributed by atoms with E-state index in [0.717, 1.165) is 11.4 Å². The van der Waals surface area contributed by atoms with Crippen LogP contribution in [0, 0.1) is 6.57 Å². The number of nitrogens with zero attached hydrogens (tertiary/aromatic N) is 7. The highest BCUT2D eigenvalue weighted by Crippen LogP contribution is 2.45. The zero-order chi connectivity index (χ0) is 21.0. The summed E-state index contributed by atoms with van der Waals surface area (Å²) >= 11 is 0. The second-order valence-electron chi connectivity index (χ2n) is 7.45. The van der Waals surface area contributed by atoms with Crippen molar-refractivity contribution < 1.29 is 13.2 Å². The van der Waals surface area contributed by atoms with Crippen LogP contribution in [-0.2, 0) is 21.2 Å². The first kappa shape index (κ1) is 18.8. The van der Waals surface area contributed by atoms with E-state index in [9.17, 15) is 8.42 Å². The lowest BCUT2D eigenvalue weighted by molar-refractivity contribution is 0.0985. The minimum absolute atomic E-state index is 0.0870. The SMILES string of the molecule is [C-]#[N+]c1nn(-c2ccn[nH]2)c2nc(N3CCOC[C@H]3C)c3c(c12)N(S(C)(=O)=O)CC3. The lowest BCUT2D eigenvalue weighted by atomic mass is 10.1. The lowest BCUT2D eigenvalue weighted by Crippen LogP contribution is -2.44. The number of rotatable bonds is 3. The van der Waals surface area contributed by atoms with Gasteiger partial charge < -0.3 is 14.5 Å².